The van der Waals surface area contributed by atoms with Gasteiger partial charge in [0.25, 0.3) is 5.91 Å². The summed E-state index contributed by atoms with van der Waals surface area (Å²) in [6.45, 7) is 0.701. The molecule has 33 heavy (non-hydrogen) atoms. The lowest BCUT2D eigenvalue weighted by Crippen LogP contribution is -2.22. The van der Waals surface area contributed by atoms with Gasteiger partial charge in [0.15, 0.2) is 5.78 Å². The summed E-state index contributed by atoms with van der Waals surface area (Å²) in [5, 5.41) is 6.94. The van der Waals surface area contributed by atoms with Crippen LogP contribution < -0.4 is 10.6 Å². The van der Waals surface area contributed by atoms with Gasteiger partial charge in [-0.25, -0.2) is 0 Å². The first-order chi connectivity index (χ1) is 16.0. The van der Waals surface area contributed by atoms with Crippen LogP contribution in [0.15, 0.2) is 85.1 Å². The van der Waals surface area contributed by atoms with Gasteiger partial charge in [-0.15, -0.1) is 0 Å². The summed E-state index contributed by atoms with van der Waals surface area (Å²) in [4.78, 5) is 26.0. The molecule has 5 rings (SSSR count). The van der Waals surface area contributed by atoms with Crippen molar-refractivity contribution in [2.24, 2.45) is 0 Å². The number of halogens is 2. The first-order valence-corrected chi connectivity index (χ1v) is 11.2. The molecule has 0 spiro atoms. The number of amides is 1. The molecule has 1 atom stereocenters. The molecule has 0 fully saturated rings. The number of rotatable bonds is 4. The van der Waals surface area contributed by atoms with Crippen molar-refractivity contribution in [2.45, 2.75) is 12.6 Å². The third kappa shape index (κ3) is 4.25. The quantitative estimate of drug-likeness (QED) is 0.333. The molecule has 1 aromatic heterocycles. The van der Waals surface area contributed by atoms with Gasteiger partial charge in [0.05, 0.1) is 10.6 Å². The van der Waals surface area contributed by atoms with E-state index in [-0.39, 0.29) is 17.3 Å². The summed E-state index contributed by atoms with van der Waals surface area (Å²) in [5.74, 6) is -0.427. The summed E-state index contributed by atoms with van der Waals surface area (Å²) in [6, 6.07) is 22.9. The Hall–Kier alpha value is -3.54. The largest absolute Gasteiger partial charge is 0.370 e. The highest BCUT2D eigenvalue weighted by Gasteiger charge is 2.28. The van der Waals surface area contributed by atoms with Crippen LogP contribution in [0.25, 0.3) is 0 Å². The minimum Gasteiger partial charge on any atom is -0.370 e. The zero-order valence-electron chi connectivity index (χ0n) is 17.4. The standard InChI is InChI=1S/C26H19Cl2N3O2/c27-18-9-12-21(28)20(14-18)26(33)29-19-10-7-16(8-11-19)25(32)24-23-6-3-13-31(23)15-17-4-1-2-5-22(17)30-24/h1-14,24,30H,15H2,(H,29,33). The number of carbonyl (C=O) groups is 2. The molecule has 3 aromatic carbocycles. The average molecular weight is 476 g/mol. The molecule has 164 valence electrons. The van der Waals surface area contributed by atoms with Gasteiger partial charge in [-0.2, -0.15) is 0 Å². The molecular weight excluding hydrogens is 457 g/mol. The van der Waals surface area contributed by atoms with E-state index in [2.05, 4.69) is 21.3 Å². The highest BCUT2D eigenvalue weighted by Crippen LogP contribution is 2.31. The van der Waals surface area contributed by atoms with Crippen molar-refractivity contribution < 1.29 is 9.59 Å². The molecule has 4 aromatic rings. The van der Waals surface area contributed by atoms with E-state index in [9.17, 15) is 9.59 Å². The number of fused-ring (bicyclic) bond motifs is 2. The van der Waals surface area contributed by atoms with Crippen molar-refractivity contribution in [3.8, 4) is 0 Å². The molecule has 2 heterocycles. The maximum absolute atomic E-state index is 13.5. The molecule has 5 nitrogen and oxygen atoms in total. The van der Waals surface area contributed by atoms with Gasteiger partial charge in [0, 0.05) is 40.4 Å². The number of nitrogens with one attached hydrogen (secondary N) is 2. The van der Waals surface area contributed by atoms with Crippen molar-refractivity contribution in [3.63, 3.8) is 0 Å². The monoisotopic (exact) mass is 475 g/mol. The van der Waals surface area contributed by atoms with Gasteiger partial charge in [0.2, 0.25) is 0 Å². The van der Waals surface area contributed by atoms with Crippen molar-refractivity contribution >= 4 is 46.3 Å². The molecule has 0 saturated heterocycles. The fourth-order valence-corrected chi connectivity index (χ4v) is 4.38. The van der Waals surface area contributed by atoms with E-state index < -0.39 is 6.04 Å². The number of nitrogens with zero attached hydrogens (tertiary/aromatic N) is 1. The van der Waals surface area contributed by atoms with Gasteiger partial charge in [-0.1, -0.05) is 41.4 Å². The minimum atomic E-state index is -0.519. The van der Waals surface area contributed by atoms with Crippen LogP contribution in [0, 0.1) is 0 Å². The van der Waals surface area contributed by atoms with Crippen LogP contribution in [0.3, 0.4) is 0 Å². The number of hydrogen-bond donors (Lipinski definition) is 2. The smallest absolute Gasteiger partial charge is 0.257 e. The minimum absolute atomic E-state index is 0.0533. The average Bonchev–Trinajstić information content (AvgIpc) is 3.21. The Bertz CT molecular complexity index is 1360. The lowest BCUT2D eigenvalue weighted by atomic mass is 10.0. The van der Waals surface area contributed by atoms with E-state index in [0.717, 1.165) is 16.9 Å². The molecule has 0 saturated carbocycles. The summed E-state index contributed by atoms with van der Waals surface area (Å²) < 4.78 is 2.09. The van der Waals surface area contributed by atoms with E-state index in [1.807, 2.05) is 36.5 Å². The summed E-state index contributed by atoms with van der Waals surface area (Å²) in [7, 11) is 0. The molecule has 1 unspecified atom stereocenters. The number of carbonyl (C=O) groups excluding carboxylic acids is 2. The molecule has 1 aliphatic heterocycles. The Morgan fingerprint density at radius 3 is 2.55 bits per heavy atom. The number of para-hydroxylation sites is 1. The maximum Gasteiger partial charge on any atom is 0.257 e. The van der Waals surface area contributed by atoms with E-state index in [0.29, 0.717) is 27.8 Å². The molecule has 1 aliphatic rings. The molecular formula is C26H19Cl2N3O2. The van der Waals surface area contributed by atoms with Crippen molar-refractivity contribution in [3.05, 3.63) is 117 Å². The number of hydrogen-bond acceptors (Lipinski definition) is 3. The Morgan fingerprint density at radius 1 is 0.939 bits per heavy atom. The topological polar surface area (TPSA) is 63.1 Å². The number of aromatic nitrogens is 1. The number of Topliss-reactive ketones (excluding diaryl/α,β-unsaturated/α-hetero) is 1. The zero-order chi connectivity index (χ0) is 22.9. The fourth-order valence-electron chi connectivity index (χ4n) is 4.00. The maximum atomic E-state index is 13.5. The third-order valence-electron chi connectivity index (χ3n) is 5.68. The second kappa shape index (κ2) is 8.77. The molecule has 0 bridgehead atoms. The van der Waals surface area contributed by atoms with Gasteiger partial charge in [0.1, 0.15) is 6.04 Å². The second-order valence-electron chi connectivity index (χ2n) is 7.82. The molecule has 2 N–H and O–H groups in total. The van der Waals surface area contributed by atoms with Crippen LogP contribution in [-0.2, 0) is 6.54 Å². The van der Waals surface area contributed by atoms with Crippen molar-refractivity contribution in [1.29, 1.82) is 0 Å². The van der Waals surface area contributed by atoms with Crippen LogP contribution in [0.4, 0.5) is 11.4 Å². The predicted octanol–water partition coefficient (Wildman–Crippen LogP) is 6.45. The lowest BCUT2D eigenvalue weighted by molar-refractivity contribution is 0.0966. The van der Waals surface area contributed by atoms with Gasteiger partial charge in [-0.05, 0) is 66.2 Å². The van der Waals surface area contributed by atoms with E-state index in [1.165, 1.54) is 6.07 Å². The summed E-state index contributed by atoms with van der Waals surface area (Å²) >= 11 is 12.1. The highest BCUT2D eigenvalue weighted by atomic mass is 35.5. The third-order valence-corrected chi connectivity index (χ3v) is 6.25. The molecule has 7 heteroatoms. The van der Waals surface area contributed by atoms with E-state index >= 15 is 0 Å². The first-order valence-electron chi connectivity index (χ1n) is 10.4. The predicted molar refractivity (Wildman–Crippen MR) is 132 cm³/mol. The number of benzene rings is 3. The van der Waals surface area contributed by atoms with Crippen LogP contribution >= 0.6 is 23.2 Å². The van der Waals surface area contributed by atoms with Gasteiger partial charge in [-0.3, -0.25) is 9.59 Å². The number of ketones is 1. The second-order valence-corrected chi connectivity index (χ2v) is 8.66. The Labute approximate surface area is 201 Å². The highest BCUT2D eigenvalue weighted by molar-refractivity contribution is 6.36. The Balaban J connectivity index is 1.38. The van der Waals surface area contributed by atoms with Crippen LogP contribution in [0.2, 0.25) is 10.0 Å². The van der Waals surface area contributed by atoms with E-state index in [1.54, 1.807) is 36.4 Å². The van der Waals surface area contributed by atoms with Crippen LogP contribution in [-0.4, -0.2) is 16.3 Å². The van der Waals surface area contributed by atoms with Crippen LogP contribution in [0.1, 0.15) is 38.0 Å². The van der Waals surface area contributed by atoms with Gasteiger partial charge >= 0.3 is 0 Å². The van der Waals surface area contributed by atoms with Crippen molar-refractivity contribution in [1.82, 2.24) is 4.57 Å². The Morgan fingerprint density at radius 2 is 1.73 bits per heavy atom. The van der Waals surface area contributed by atoms with Crippen molar-refractivity contribution in [2.75, 3.05) is 10.6 Å². The molecule has 0 radical (unpaired) electrons. The SMILES string of the molecule is O=C(Nc1ccc(C(=O)C2Nc3ccccc3Cn3cccc32)cc1)c1cc(Cl)ccc1Cl. The first kappa shape index (κ1) is 21.3. The van der Waals surface area contributed by atoms with E-state index in [4.69, 9.17) is 23.2 Å². The fraction of sp³-hybridized carbons (Fsp3) is 0.0769. The molecule has 0 aliphatic carbocycles. The lowest BCUT2D eigenvalue weighted by Gasteiger charge is -2.18. The zero-order valence-corrected chi connectivity index (χ0v) is 18.9. The van der Waals surface area contributed by atoms with Crippen LogP contribution in [0.5, 0.6) is 0 Å². The van der Waals surface area contributed by atoms with Gasteiger partial charge < -0.3 is 15.2 Å². The molecule has 1 amide bonds. The normalized spacial score (nSPS) is 14.4. The Kier molecular flexibility index (Phi) is 5.67. The summed E-state index contributed by atoms with van der Waals surface area (Å²) in [6.07, 6.45) is 1.99. The number of anilines is 2. The summed E-state index contributed by atoms with van der Waals surface area (Å²) in [5.41, 5.74) is 4.36.